The van der Waals surface area contributed by atoms with Gasteiger partial charge in [0.15, 0.2) is 0 Å². The van der Waals surface area contributed by atoms with Crippen molar-refractivity contribution in [2.45, 2.75) is 18.6 Å². The summed E-state index contributed by atoms with van der Waals surface area (Å²) in [5.74, 6) is -3.27. The first kappa shape index (κ1) is 13.7. The molecular weight excluding hydrogens is 291 g/mol. The monoisotopic (exact) mass is 301 g/mol. The zero-order valence-electron chi connectivity index (χ0n) is 10.5. The number of carbonyl (C=O) groups excluding carboxylic acids is 1. The summed E-state index contributed by atoms with van der Waals surface area (Å²) < 4.78 is 42.1. The molecule has 2 N–H and O–H groups in total. The van der Waals surface area contributed by atoms with Crippen LogP contribution in [-0.4, -0.2) is 35.8 Å². The average Bonchev–Trinajstić information content (AvgIpc) is 3.10. The molecule has 1 heterocycles. The van der Waals surface area contributed by atoms with Crippen LogP contribution in [0.25, 0.3) is 0 Å². The number of rotatable bonds is 2. The highest BCUT2D eigenvalue weighted by molar-refractivity contribution is 5.92. The Morgan fingerprint density at radius 3 is 2.71 bits per heavy atom. The van der Waals surface area contributed by atoms with E-state index in [0.717, 1.165) is 0 Å². The van der Waals surface area contributed by atoms with Crippen LogP contribution in [0.3, 0.4) is 0 Å². The zero-order valence-corrected chi connectivity index (χ0v) is 10.5. The van der Waals surface area contributed by atoms with Crippen LogP contribution in [0.15, 0.2) is 34.6 Å². The molecule has 112 valence electrons. The summed E-state index contributed by atoms with van der Waals surface area (Å²) in [6.45, 7) is 0.0710. The van der Waals surface area contributed by atoms with E-state index in [1.54, 1.807) is 6.08 Å². The predicted molar refractivity (Wildman–Crippen MR) is 62.9 cm³/mol. The Kier molecular flexibility index (Phi) is 2.86. The van der Waals surface area contributed by atoms with Crippen molar-refractivity contribution >= 4 is 11.9 Å². The van der Waals surface area contributed by atoms with Crippen molar-refractivity contribution in [1.29, 1.82) is 0 Å². The lowest BCUT2D eigenvalue weighted by molar-refractivity contribution is -0.173. The normalized spacial score (nSPS) is 26.8. The molecule has 0 radical (unpaired) electrons. The second kappa shape index (κ2) is 4.37. The molecule has 1 amide bonds. The van der Waals surface area contributed by atoms with E-state index in [1.807, 2.05) is 5.32 Å². The Labute approximate surface area is 116 Å². The number of amides is 1. The minimum Gasteiger partial charge on any atom is -0.492 e. The van der Waals surface area contributed by atoms with E-state index in [9.17, 15) is 22.8 Å². The number of nitrogens with one attached hydrogen (secondary N) is 1. The maximum atomic E-state index is 12.3. The van der Waals surface area contributed by atoms with Crippen LogP contribution in [0.2, 0.25) is 0 Å². The van der Waals surface area contributed by atoms with Crippen LogP contribution in [0.4, 0.5) is 13.2 Å². The third-order valence-electron chi connectivity index (χ3n) is 3.68. The van der Waals surface area contributed by atoms with Crippen LogP contribution >= 0.6 is 0 Å². The summed E-state index contributed by atoms with van der Waals surface area (Å²) in [7, 11) is 0. The molecule has 0 aromatic heterocycles. The molecule has 1 aliphatic heterocycles. The fourth-order valence-electron chi connectivity index (χ4n) is 2.70. The van der Waals surface area contributed by atoms with Crippen LogP contribution in [-0.2, 0) is 14.3 Å². The van der Waals surface area contributed by atoms with Gasteiger partial charge in [0, 0.05) is 11.5 Å². The first-order valence-corrected chi connectivity index (χ1v) is 6.18. The van der Waals surface area contributed by atoms with Crippen molar-refractivity contribution in [2.75, 3.05) is 6.61 Å². The molecule has 21 heavy (non-hydrogen) atoms. The summed E-state index contributed by atoms with van der Waals surface area (Å²) in [4.78, 5) is 22.1. The lowest BCUT2D eigenvalue weighted by Gasteiger charge is -2.20. The summed E-state index contributed by atoms with van der Waals surface area (Å²) in [6.07, 6.45) is -1.53. The Hall–Kier alpha value is -2.25. The molecule has 0 bridgehead atoms. The summed E-state index contributed by atoms with van der Waals surface area (Å²) >= 11 is 0. The third kappa shape index (κ3) is 2.20. The summed E-state index contributed by atoms with van der Waals surface area (Å²) in [6, 6.07) is -0.729. The average molecular weight is 301 g/mol. The molecule has 2 unspecified atom stereocenters. The van der Waals surface area contributed by atoms with E-state index in [1.165, 1.54) is 6.08 Å². The van der Waals surface area contributed by atoms with E-state index in [2.05, 4.69) is 0 Å². The number of hydrogen-bond donors (Lipinski definition) is 2. The van der Waals surface area contributed by atoms with Gasteiger partial charge < -0.3 is 15.2 Å². The van der Waals surface area contributed by atoms with E-state index in [4.69, 9.17) is 9.84 Å². The first-order chi connectivity index (χ1) is 9.80. The molecule has 0 spiro atoms. The number of carbonyl (C=O) groups is 2. The number of allylic oxidation sites excluding steroid dienone is 2. The van der Waals surface area contributed by atoms with Crippen molar-refractivity contribution in [3.63, 3.8) is 0 Å². The van der Waals surface area contributed by atoms with Crippen molar-refractivity contribution in [2.24, 2.45) is 5.92 Å². The van der Waals surface area contributed by atoms with Crippen molar-refractivity contribution in [3.8, 4) is 0 Å². The highest BCUT2D eigenvalue weighted by Gasteiger charge is 2.54. The maximum Gasteiger partial charge on any atom is 0.471 e. The Morgan fingerprint density at radius 1 is 1.38 bits per heavy atom. The summed E-state index contributed by atoms with van der Waals surface area (Å²) in [5, 5.41) is 11.0. The fourth-order valence-corrected chi connectivity index (χ4v) is 2.70. The lowest BCUT2D eigenvalue weighted by atomic mass is 9.97. The first-order valence-electron chi connectivity index (χ1n) is 6.18. The number of carboxylic acid groups (broad SMARTS) is 1. The Morgan fingerprint density at radius 2 is 2.10 bits per heavy atom. The van der Waals surface area contributed by atoms with E-state index < -0.39 is 24.1 Å². The van der Waals surface area contributed by atoms with Gasteiger partial charge in [0.25, 0.3) is 0 Å². The van der Waals surface area contributed by atoms with Gasteiger partial charge in [0.2, 0.25) is 0 Å². The predicted octanol–water partition coefficient (Wildman–Crippen LogP) is 1.29. The molecule has 1 fully saturated rings. The Balaban J connectivity index is 1.88. The summed E-state index contributed by atoms with van der Waals surface area (Å²) in [5.41, 5.74) is 1.19. The minimum absolute atomic E-state index is 0.0185. The topological polar surface area (TPSA) is 75.6 Å². The fraction of sp³-hybridized carbons (Fsp3) is 0.385. The molecule has 0 aromatic rings. The minimum atomic E-state index is -4.94. The highest BCUT2D eigenvalue weighted by Crippen LogP contribution is 2.50. The number of alkyl halides is 3. The number of hydrogen-bond acceptors (Lipinski definition) is 3. The van der Waals surface area contributed by atoms with Gasteiger partial charge in [-0.1, -0.05) is 6.08 Å². The number of halogens is 3. The van der Waals surface area contributed by atoms with Gasteiger partial charge in [-0.3, -0.25) is 4.79 Å². The van der Waals surface area contributed by atoms with Crippen molar-refractivity contribution in [3.05, 3.63) is 34.6 Å². The molecule has 2 aliphatic carbocycles. The molecule has 0 aromatic carbocycles. The zero-order chi connectivity index (χ0) is 15.4. The quantitative estimate of drug-likeness (QED) is 0.806. The molecule has 0 saturated heterocycles. The van der Waals surface area contributed by atoms with Gasteiger partial charge >= 0.3 is 18.1 Å². The van der Waals surface area contributed by atoms with Crippen LogP contribution in [0.1, 0.15) is 6.42 Å². The standard InChI is InChI=1S/C13H10F3NO4/c14-13(15,16)12(20)17-9-7-4-21-10-5(8(7)9)2-1-3-6(10)11(18)19/h1,3,7,9H,2,4H2,(H,17,20)(H,18,19). The van der Waals surface area contributed by atoms with Crippen LogP contribution in [0, 0.1) is 5.92 Å². The second-order valence-electron chi connectivity index (χ2n) is 4.95. The molecule has 3 aliphatic rings. The van der Waals surface area contributed by atoms with E-state index in [-0.39, 0.29) is 23.9 Å². The number of aliphatic carboxylic acids is 1. The molecule has 1 saturated carbocycles. The van der Waals surface area contributed by atoms with Gasteiger partial charge in [-0.15, -0.1) is 0 Å². The molecular formula is C13H10F3NO4. The number of carboxylic acids is 1. The van der Waals surface area contributed by atoms with Crippen molar-refractivity contribution in [1.82, 2.24) is 5.32 Å². The van der Waals surface area contributed by atoms with E-state index >= 15 is 0 Å². The highest BCUT2D eigenvalue weighted by atomic mass is 19.4. The lowest BCUT2D eigenvalue weighted by Crippen LogP contribution is -2.38. The largest absolute Gasteiger partial charge is 0.492 e. The second-order valence-corrected chi connectivity index (χ2v) is 4.95. The third-order valence-corrected chi connectivity index (χ3v) is 3.68. The van der Waals surface area contributed by atoms with Gasteiger partial charge in [-0.05, 0) is 18.1 Å². The smallest absolute Gasteiger partial charge is 0.471 e. The van der Waals surface area contributed by atoms with Gasteiger partial charge in [0.1, 0.15) is 11.3 Å². The SMILES string of the molecule is O=C(O)C1=C2OCC3C(=C2CC=C1)C3NC(=O)C(F)(F)F. The maximum absolute atomic E-state index is 12.3. The molecule has 5 nitrogen and oxygen atoms in total. The number of fused-ring (bicyclic) bond motifs is 2. The Bertz CT molecular complexity index is 630. The van der Waals surface area contributed by atoms with Gasteiger partial charge in [-0.25, -0.2) is 4.79 Å². The number of ether oxygens (including phenoxy) is 1. The van der Waals surface area contributed by atoms with Gasteiger partial charge in [-0.2, -0.15) is 13.2 Å². The molecule has 3 rings (SSSR count). The molecule has 2 atom stereocenters. The van der Waals surface area contributed by atoms with Crippen LogP contribution in [0.5, 0.6) is 0 Å². The van der Waals surface area contributed by atoms with Crippen LogP contribution < -0.4 is 5.32 Å². The van der Waals surface area contributed by atoms with E-state index in [0.29, 0.717) is 17.6 Å². The van der Waals surface area contributed by atoms with Crippen molar-refractivity contribution < 1.29 is 32.6 Å². The molecule has 8 heteroatoms. The van der Waals surface area contributed by atoms with Gasteiger partial charge in [0.05, 0.1) is 12.6 Å².